The second-order valence-corrected chi connectivity index (χ2v) is 2.70. The number of nitrogens with zero attached hydrogens (tertiary/aromatic N) is 1. The predicted molar refractivity (Wildman–Crippen MR) is 47.1 cm³/mol. The first-order valence-electron chi connectivity index (χ1n) is 3.87. The van der Waals surface area contributed by atoms with Crippen molar-refractivity contribution in [2.24, 2.45) is 0 Å². The Hall–Kier alpha value is -1.58. The molecule has 1 aromatic heterocycles. The van der Waals surface area contributed by atoms with E-state index in [9.17, 15) is 8.78 Å². The van der Waals surface area contributed by atoms with E-state index in [1.807, 2.05) is 0 Å². The molecule has 4 heteroatoms. The van der Waals surface area contributed by atoms with Crippen molar-refractivity contribution in [2.75, 3.05) is 12.5 Å². The first-order chi connectivity index (χ1) is 6.24. The number of hydrogen-bond acceptors (Lipinski definition) is 1. The summed E-state index contributed by atoms with van der Waals surface area (Å²) < 4.78 is 27.5. The van der Waals surface area contributed by atoms with Gasteiger partial charge in [0.05, 0.1) is 5.52 Å². The molecule has 1 heterocycles. The van der Waals surface area contributed by atoms with Crippen LogP contribution in [0.4, 0.5) is 8.78 Å². The average Bonchev–Trinajstić information content (AvgIpc) is 2.55. The van der Waals surface area contributed by atoms with Crippen LogP contribution in [0.1, 0.15) is 0 Å². The van der Waals surface area contributed by atoms with Gasteiger partial charge in [-0.1, -0.05) is 0 Å². The molecule has 0 aliphatic heterocycles. The van der Waals surface area contributed by atoms with Crippen LogP contribution in [0.15, 0.2) is 24.4 Å². The van der Waals surface area contributed by atoms with Crippen molar-refractivity contribution >= 4 is 10.9 Å². The molecule has 0 unspecified atom stereocenters. The fourth-order valence-corrected chi connectivity index (χ4v) is 1.35. The van der Waals surface area contributed by atoms with Gasteiger partial charge in [-0.05, 0) is 18.2 Å². The fourth-order valence-electron chi connectivity index (χ4n) is 1.35. The summed E-state index contributed by atoms with van der Waals surface area (Å²) in [7, 11) is 1.71. The van der Waals surface area contributed by atoms with Crippen molar-refractivity contribution in [3.05, 3.63) is 36.0 Å². The Morgan fingerprint density at radius 2 is 2.00 bits per heavy atom. The lowest BCUT2D eigenvalue weighted by molar-refractivity contribution is 0.517. The van der Waals surface area contributed by atoms with Crippen LogP contribution in [0.5, 0.6) is 0 Å². The summed E-state index contributed by atoms with van der Waals surface area (Å²) in [5, 5.41) is 0.286. The molecule has 1 N–H and O–H groups in total. The molecule has 2 aromatic rings. The quantitative estimate of drug-likeness (QED) is 0.714. The first-order valence-corrected chi connectivity index (χ1v) is 3.87. The number of fused-ring (bicyclic) bond motifs is 1. The number of rotatable bonds is 1. The maximum atomic E-state index is 13.1. The molecule has 0 saturated heterocycles. The van der Waals surface area contributed by atoms with E-state index in [1.54, 1.807) is 17.9 Å². The van der Waals surface area contributed by atoms with Crippen LogP contribution >= 0.6 is 0 Å². The minimum absolute atomic E-state index is 0.286. The first kappa shape index (κ1) is 8.04. The van der Waals surface area contributed by atoms with E-state index in [2.05, 4.69) is 5.43 Å². The number of nitrogens with one attached hydrogen (secondary N) is 1. The Morgan fingerprint density at radius 1 is 1.23 bits per heavy atom. The van der Waals surface area contributed by atoms with Crippen LogP contribution in [-0.2, 0) is 0 Å². The van der Waals surface area contributed by atoms with E-state index in [1.165, 1.54) is 12.1 Å². The molecule has 0 aliphatic rings. The highest BCUT2D eigenvalue weighted by Gasteiger charge is 2.09. The maximum Gasteiger partial charge on any atom is 0.168 e. The van der Waals surface area contributed by atoms with Gasteiger partial charge in [-0.2, -0.15) is 0 Å². The van der Waals surface area contributed by atoms with Crippen LogP contribution in [0.2, 0.25) is 0 Å². The summed E-state index contributed by atoms with van der Waals surface area (Å²) in [6, 6.07) is 4.18. The van der Waals surface area contributed by atoms with E-state index in [0.29, 0.717) is 5.52 Å². The molecule has 68 valence electrons. The molecule has 2 rings (SSSR count). The van der Waals surface area contributed by atoms with Crippen LogP contribution in [0.3, 0.4) is 0 Å². The minimum atomic E-state index is -0.818. The molecule has 0 spiro atoms. The molecule has 0 fully saturated rings. The van der Waals surface area contributed by atoms with Gasteiger partial charge in [0, 0.05) is 18.6 Å². The third-order valence-electron chi connectivity index (χ3n) is 2.00. The molecule has 0 saturated carbocycles. The molecule has 1 aromatic carbocycles. The molecular weight excluding hydrogens is 174 g/mol. The highest BCUT2D eigenvalue weighted by molar-refractivity contribution is 5.81. The highest BCUT2D eigenvalue weighted by atomic mass is 19.2. The molecule has 2 nitrogen and oxygen atoms in total. The number of benzene rings is 1. The summed E-state index contributed by atoms with van der Waals surface area (Å²) in [4.78, 5) is 0. The summed E-state index contributed by atoms with van der Waals surface area (Å²) >= 11 is 0. The van der Waals surface area contributed by atoms with Gasteiger partial charge in [0.1, 0.15) is 0 Å². The highest BCUT2D eigenvalue weighted by Crippen LogP contribution is 2.20. The van der Waals surface area contributed by atoms with Crippen LogP contribution in [0, 0.1) is 11.6 Å². The lowest BCUT2D eigenvalue weighted by Crippen LogP contribution is -2.06. The van der Waals surface area contributed by atoms with Crippen molar-refractivity contribution in [3.8, 4) is 0 Å². The Kier molecular flexibility index (Phi) is 1.69. The SMILES string of the molecule is CNn1ccc2c(F)c(F)ccc21. The Bertz CT molecular complexity index is 448. The molecular formula is C9H8F2N2. The summed E-state index contributed by atoms with van der Waals surface area (Å²) in [5.41, 5.74) is 3.45. The third-order valence-corrected chi connectivity index (χ3v) is 2.00. The third kappa shape index (κ3) is 1.06. The van der Waals surface area contributed by atoms with Gasteiger partial charge in [0.2, 0.25) is 0 Å². The van der Waals surface area contributed by atoms with Gasteiger partial charge in [0.25, 0.3) is 0 Å². The fraction of sp³-hybridized carbons (Fsp3) is 0.111. The zero-order valence-corrected chi connectivity index (χ0v) is 7.01. The van der Waals surface area contributed by atoms with Gasteiger partial charge in [0.15, 0.2) is 11.6 Å². The smallest absolute Gasteiger partial charge is 0.168 e. The Balaban J connectivity index is 2.81. The zero-order chi connectivity index (χ0) is 9.42. The van der Waals surface area contributed by atoms with E-state index >= 15 is 0 Å². The standard InChI is InChI=1S/C9H8F2N2/c1-12-13-5-4-6-8(13)3-2-7(10)9(6)11/h2-5,12H,1H3. The van der Waals surface area contributed by atoms with Crippen molar-refractivity contribution in [2.45, 2.75) is 0 Å². The lowest BCUT2D eigenvalue weighted by atomic mass is 10.2. The van der Waals surface area contributed by atoms with Crippen LogP contribution < -0.4 is 5.43 Å². The molecule has 0 amide bonds. The number of halogens is 2. The van der Waals surface area contributed by atoms with Gasteiger partial charge < -0.3 is 5.43 Å². The van der Waals surface area contributed by atoms with Crippen molar-refractivity contribution < 1.29 is 8.78 Å². The van der Waals surface area contributed by atoms with Gasteiger partial charge in [-0.25, -0.2) is 8.78 Å². The number of hydrogen-bond donors (Lipinski definition) is 1. The monoisotopic (exact) mass is 182 g/mol. The Labute approximate surface area is 73.7 Å². The van der Waals surface area contributed by atoms with Crippen molar-refractivity contribution in [3.63, 3.8) is 0 Å². The van der Waals surface area contributed by atoms with E-state index in [0.717, 1.165) is 6.07 Å². The second kappa shape index (κ2) is 2.73. The lowest BCUT2D eigenvalue weighted by Gasteiger charge is -2.02. The number of aromatic nitrogens is 1. The topological polar surface area (TPSA) is 17.0 Å². The molecule has 0 atom stereocenters. The average molecular weight is 182 g/mol. The second-order valence-electron chi connectivity index (χ2n) is 2.70. The maximum absolute atomic E-state index is 13.1. The van der Waals surface area contributed by atoms with Crippen LogP contribution in [0.25, 0.3) is 10.9 Å². The van der Waals surface area contributed by atoms with E-state index in [4.69, 9.17) is 0 Å². The largest absolute Gasteiger partial charge is 0.329 e. The summed E-state index contributed by atoms with van der Waals surface area (Å²) in [6.07, 6.45) is 1.65. The van der Waals surface area contributed by atoms with E-state index in [-0.39, 0.29) is 5.39 Å². The van der Waals surface area contributed by atoms with Crippen LogP contribution in [-0.4, -0.2) is 11.7 Å². The normalized spacial score (nSPS) is 10.7. The van der Waals surface area contributed by atoms with Gasteiger partial charge in [-0.15, -0.1) is 0 Å². The molecule has 13 heavy (non-hydrogen) atoms. The molecule has 0 bridgehead atoms. The molecule has 0 aliphatic carbocycles. The summed E-state index contributed by atoms with van der Waals surface area (Å²) in [6.45, 7) is 0. The predicted octanol–water partition coefficient (Wildman–Crippen LogP) is 2.09. The van der Waals surface area contributed by atoms with Gasteiger partial charge >= 0.3 is 0 Å². The van der Waals surface area contributed by atoms with Crippen molar-refractivity contribution in [1.82, 2.24) is 4.68 Å². The molecule has 0 radical (unpaired) electrons. The minimum Gasteiger partial charge on any atom is -0.329 e. The Morgan fingerprint density at radius 3 is 2.69 bits per heavy atom. The zero-order valence-electron chi connectivity index (χ0n) is 7.01. The van der Waals surface area contributed by atoms with Gasteiger partial charge in [-0.3, -0.25) is 4.68 Å². The van der Waals surface area contributed by atoms with E-state index < -0.39 is 11.6 Å². The van der Waals surface area contributed by atoms with Crippen molar-refractivity contribution in [1.29, 1.82) is 0 Å². The summed E-state index contributed by atoms with van der Waals surface area (Å²) in [5.74, 6) is -1.62.